The molecule has 0 bridgehead atoms. The maximum Gasteiger partial charge on any atom is 0.416 e. The van der Waals surface area contributed by atoms with E-state index in [1.807, 2.05) is 0 Å². The van der Waals surface area contributed by atoms with Crippen molar-refractivity contribution in [2.45, 2.75) is 25.8 Å². The number of aromatic nitrogens is 2. The van der Waals surface area contributed by atoms with Crippen molar-refractivity contribution in [3.05, 3.63) is 69.3 Å². The number of alkyl halides is 6. The fourth-order valence-electron chi connectivity index (χ4n) is 4.90. The number of rotatable bonds is 6. The molecular formula is C28H28F6N6OS. The van der Waals surface area contributed by atoms with Gasteiger partial charge in [-0.1, -0.05) is 12.1 Å². The first-order valence-corrected chi connectivity index (χ1v) is 14.0. The molecule has 14 heteroatoms. The summed E-state index contributed by atoms with van der Waals surface area (Å²) in [5.74, 6) is -0.271. The van der Waals surface area contributed by atoms with E-state index in [1.165, 1.54) is 16.4 Å². The smallest absolute Gasteiger partial charge is 0.304 e. The van der Waals surface area contributed by atoms with Crippen LogP contribution in [-0.4, -0.2) is 77.0 Å². The van der Waals surface area contributed by atoms with Gasteiger partial charge < -0.3 is 10.2 Å². The van der Waals surface area contributed by atoms with Crippen molar-refractivity contribution < 1.29 is 31.1 Å². The lowest BCUT2D eigenvalue weighted by atomic mass is 10.0. The van der Waals surface area contributed by atoms with E-state index in [-0.39, 0.29) is 24.1 Å². The van der Waals surface area contributed by atoms with Gasteiger partial charge in [0.25, 0.3) is 5.91 Å². The number of hydrogen-bond acceptors (Lipinski definition) is 6. The minimum absolute atomic E-state index is 0.131. The lowest BCUT2D eigenvalue weighted by Gasteiger charge is -2.31. The van der Waals surface area contributed by atoms with Crippen molar-refractivity contribution in [3.63, 3.8) is 0 Å². The average molecular weight is 611 g/mol. The van der Waals surface area contributed by atoms with Gasteiger partial charge in [-0.15, -0.1) is 0 Å². The minimum Gasteiger partial charge on any atom is -0.304 e. The molecule has 2 aromatic carbocycles. The standard InChI is InChI=1S/C28H28F6N6OS/c1-17-21-13-18(14-24-25(41)36-26(42-24)35-7-8-39-11-9-38(2)10-12-39)3-6-23(21)40(37-17)16-19-4-5-20(27(29,30)31)15-22(19)28(32,33)34/h3-6,13-15H,7-12,16H2,1-2H3,(H,35,36,41). The Morgan fingerprint density at radius 1 is 1.02 bits per heavy atom. The second-order valence-electron chi connectivity index (χ2n) is 10.3. The number of thioether (sulfide) groups is 1. The molecule has 0 unspecified atom stereocenters. The summed E-state index contributed by atoms with van der Waals surface area (Å²) in [6, 6.07) is 6.76. The Bertz CT molecular complexity index is 1550. The van der Waals surface area contributed by atoms with Gasteiger partial charge in [0.05, 0.1) is 40.3 Å². The monoisotopic (exact) mass is 610 g/mol. The number of piperazine rings is 1. The highest BCUT2D eigenvalue weighted by atomic mass is 32.2. The third kappa shape index (κ3) is 6.81. The first-order valence-electron chi connectivity index (χ1n) is 13.2. The third-order valence-corrected chi connectivity index (χ3v) is 8.19. The van der Waals surface area contributed by atoms with E-state index in [0.29, 0.717) is 44.8 Å². The number of amides is 1. The predicted octanol–water partition coefficient (Wildman–Crippen LogP) is 5.24. The van der Waals surface area contributed by atoms with Gasteiger partial charge in [-0.3, -0.25) is 19.4 Å². The van der Waals surface area contributed by atoms with E-state index < -0.39 is 23.5 Å². The van der Waals surface area contributed by atoms with Gasteiger partial charge in [-0.25, -0.2) is 0 Å². The van der Waals surface area contributed by atoms with Crippen LogP contribution in [-0.2, 0) is 23.7 Å². The Hall–Kier alpha value is -3.36. The van der Waals surface area contributed by atoms with E-state index in [4.69, 9.17) is 0 Å². The molecule has 3 heterocycles. The molecule has 2 saturated heterocycles. The highest BCUT2D eigenvalue weighted by molar-refractivity contribution is 8.18. The van der Waals surface area contributed by atoms with Crippen LogP contribution in [0.4, 0.5) is 26.3 Å². The van der Waals surface area contributed by atoms with Crippen LogP contribution in [0, 0.1) is 6.92 Å². The van der Waals surface area contributed by atoms with Gasteiger partial charge in [0.1, 0.15) is 0 Å². The number of benzene rings is 2. The van der Waals surface area contributed by atoms with E-state index in [0.717, 1.165) is 38.8 Å². The number of amidine groups is 1. The van der Waals surface area contributed by atoms with Gasteiger partial charge in [0.2, 0.25) is 0 Å². The number of likely N-dealkylation sites (N-methyl/N-ethyl adjacent to an activating group) is 1. The Kier molecular flexibility index (Phi) is 8.41. The summed E-state index contributed by atoms with van der Waals surface area (Å²) in [5.41, 5.74) is -1.32. The van der Waals surface area contributed by atoms with Crippen LogP contribution in [0.15, 0.2) is 46.3 Å². The maximum atomic E-state index is 13.7. The summed E-state index contributed by atoms with van der Waals surface area (Å²) in [4.78, 5) is 22.1. The number of carbonyl (C=O) groups excluding carboxylic acids is 1. The predicted molar refractivity (Wildman–Crippen MR) is 150 cm³/mol. The van der Waals surface area contributed by atoms with E-state index in [1.54, 1.807) is 31.2 Å². The molecule has 1 amide bonds. The minimum atomic E-state index is -4.97. The van der Waals surface area contributed by atoms with Crippen LogP contribution in [0.1, 0.15) is 27.9 Å². The number of nitrogens with one attached hydrogen (secondary N) is 1. The number of aryl methyl sites for hydroxylation is 1. The number of nitrogens with zero attached hydrogens (tertiary/aromatic N) is 5. The molecule has 0 spiro atoms. The average Bonchev–Trinajstić information content (AvgIpc) is 3.42. The molecule has 1 N–H and O–H groups in total. The zero-order chi connectivity index (χ0) is 30.2. The summed E-state index contributed by atoms with van der Waals surface area (Å²) >= 11 is 1.24. The molecule has 224 valence electrons. The maximum absolute atomic E-state index is 13.7. The molecular weight excluding hydrogens is 582 g/mol. The second kappa shape index (κ2) is 11.7. The Morgan fingerprint density at radius 3 is 2.45 bits per heavy atom. The molecule has 2 fully saturated rings. The second-order valence-corrected chi connectivity index (χ2v) is 11.3. The summed E-state index contributed by atoms with van der Waals surface area (Å²) < 4.78 is 81.5. The normalized spacial score (nSPS) is 19.4. The first kappa shape index (κ1) is 30.1. The zero-order valence-corrected chi connectivity index (χ0v) is 23.6. The molecule has 5 rings (SSSR count). The number of hydrogen-bond donors (Lipinski definition) is 1. The third-order valence-electron chi connectivity index (χ3n) is 7.24. The van der Waals surface area contributed by atoms with Crippen LogP contribution >= 0.6 is 11.8 Å². The molecule has 1 aromatic heterocycles. The lowest BCUT2D eigenvalue weighted by molar-refractivity contribution is -0.143. The topological polar surface area (TPSA) is 65.8 Å². The molecule has 0 saturated carbocycles. The van der Waals surface area contributed by atoms with Crippen LogP contribution in [0.25, 0.3) is 17.0 Å². The highest BCUT2D eigenvalue weighted by Gasteiger charge is 2.38. The molecule has 2 aliphatic rings. The molecule has 42 heavy (non-hydrogen) atoms. The summed E-state index contributed by atoms with van der Waals surface area (Å²) in [5, 5.41) is 8.31. The van der Waals surface area contributed by atoms with Crippen molar-refractivity contribution in [1.29, 1.82) is 0 Å². The number of aliphatic imine (C=N–C) groups is 1. The SMILES string of the molecule is Cc1nn(Cc2ccc(C(F)(F)F)cc2C(F)(F)F)c2ccc(C=C3SC(=NCCN4CCN(C)CC4)NC3=O)cc12. The molecule has 0 atom stereocenters. The molecule has 2 aliphatic heterocycles. The van der Waals surface area contributed by atoms with E-state index >= 15 is 0 Å². The molecule has 3 aromatic rings. The van der Waals surface area contributed by atoms with Crippen molar-refractivity contribution in [2.75, 3.05) is 46.3 Å². The van der Waals surface area contributed by atoms with Crippen molar-refractivity contribution in [1.82, 2.24) is 24.9 Å². The quantitative estimate of drug-likeness (QED) is 0.306. The van der Waals surface area contributed by atoms with Gasteiger partial charge in [-0.05, 0) is 67.2 Å². The Labute approximate surface area is 242 Å². The van der Waals surface area contributed by atoms with Gasteiger partial charge >= 0.3 is 12.4 Å². The van der Waals surface area contributed by atoms with Crippen molar-refractivity contribution in [3.8, 4) is 0 Å². The van der Waals surface area contributed by atoms with Gasteiger partial charge in [0.15, 0.2) is 5.17 Å². The molecule has 0 radical (unpaired) electrons. The van der Waals surface area contributed by atoms with Gasteiger partial charge in [-0.2, -0.15) is 31.4 Å². The largest absolute Gasteiger partial charge is 0.416 e. The molecule has 7 nitrogen and oxygen atoms in total. The molecule has 0 aliphatic carbocycles. The highest BCUT2D eigenvalue weighted by Crippen LogP contribution is 2.38. The van der Waals surface area contributed by atoms with Gasteiger partial charge in [0, 0.05) is 38.1 Å². The lowest BCUT2D eigenvalue weighted by Crippen LogP contribution is -2.45. The van der Waals surface area contributed by atoms with Crippen LogP contribution in [0.5, 0.6) is 0 Å². The van der Waals surface area contributed by atoms with Crippen LogP contribution in [0.2, 0.25) is 0 Å². The van der Waals surface area contributed by atoms with E-state index in [9.17, 15) is 31.1 Å². The summed E-state index contributed by atoms with van der Waals surface area (Å²) in [7, 11) is 2.09. The summed E-state index contributed by atoms with van der Waals surface area (Å²) in [6.45, 7) is 6.70. The van der Waals surface area contributed by atoms with Crippen LogP contribution in [0.3, 0.4) is 0 Å². The fraction of sp³-hybridized carbons (Fsp3) is 0.393. The first-order chi connectivity index (χ1) is 19.8. The van der Waals surface area contributed by atoms with Crippen molar-refractivity contribution >= 4 is 39.8 Å². The zero-order valence-electron chi connectivity index (χ0n) is 22.8. The number of carbonyl (C=O) groups is 1. The summed E-state index contributed by atoms with van der Waals surface area (Å²) in [6.07, 6.45) is -8.17. The number of fused-ring (bicyclic) bond motifs is 1. The van der Waals surface area contributed by atoms with Crippen LogP contribution < -0.4 is 5.32 Å². The van der Waals surface area contributed by atoms with E-state index in [2.05, 4.69) is 32.3 Å². The Balaban J connectivity index is 1.32. The Morgan fingerprint density at radius 2 is 1.76 bits per heavy atom. The number of halogens is 6. The van der Waals surface area contributed by atoms with Crippen molar-refractivity contribution in [2.24, 2.45) is 4.99 Å². The fourth-order valence-corrected chi connectivity index (χ4v) is 5.75.